The zero-order valence-electron chi connectivity index (χ0n) is 18.1. The molecule has 4 nitrogen and oxygen atoms in total. The molecule has 0 aromatic heterocycles. The van der Waals surface area contributed by atoms with Crippen molar-refractivity contribution in [1.29, 1.82) is 0 Å². The third-order valence-corrected chi connectivity index (χ3v) is 5.84. The van der Waals surface area contributed by atoms with Crippen LogP contribution in [-0.4, -0.2) is 61.8 Å². The number of nitrogens with zero attached hydrogens (tertiary/aromatic N) is 2. The molecule has 5 heteroatoms. The monoisotopic (exact) mass is 412 g/mol. The molecule has 0 aliphatic carbocycles. The zero-order valence-corrected chi connectivity index (χ0v) is 18.1. The van der Waals surface area contributed by atoms with E-state index >= 15 is 0 Å². The van der Waals surface area contributed by atoms with E-state index in [0.29, 0.717) is 5.75 Å². The molecule has 1 fully saturated rings. The summed E-state index contributed by atoms with van der Waals surface area (Å²) in [5.41, 5.74) is 2.23. The van der Waals surface area contributed by atoms with Crippen LogP contribution in [0.1, 0.15) is 24.0 Å². The second-order valence-corrected chi connectivity index (χ2v) is 8.22. The van der Waals surface area contributed by atoms with Crippen LogP contribution >= 0.6 is 0 Å². The summed E-state index contributed by atoms with van der Waals surface area (Å²) in [6.07, 6.45) is 7.66. The Morgan fingerprint density at radius 1 is 1.17 bits per heavy atom. The quantitative estimate of drug-likeness (QED) is 0.661. The molecule has 1 aliphatic rings. The van der Waals surface area contributed by atoms with Crippen molar-refractivity contribution in [3.05, 3.63) is 65.5 Å². The Bertz CT molecular complexity index is 814. The third kappa shape index (κ3) is 6.85. The van der Waals surface area contributed by atoms with Gasteiger partial charge in [0.2, 0.25) is 0 Å². The maximum Gasteiger partial charge on any atom is 0.161 e. The Labute approximate surface area is 179 Å². The van der Waals surface area contributed by atoms with Crippen LogP contribution in [0.25, 0.3) is 6.08 Å². The minimum absolute atomic E-state index is 0.163. The van der Waals surface area contributed by atoms with E-state index < -0.39 is 0 Å². The maximum absolute atomic E-state index is 13.0. The number of benzene rings is 2. The second-order valence-electron chi connectivity index (χ2n) is 8.22. The topological polar surface area (TPSA) is 35.9 Å². The highest BCUT2D eigenvalue weighted by molar-refractivity contribution is 5.55. The van der Waals surface area contributed by atoms with Gasteiger partial charge in [0.05, 0.1) is 7.11 Å². The van der Waals surface area contributed by atoms with Crippen molar-refractivity contribution < 1.29 is 14.2 Å². The van der Waals surface area contributed by atoms with Crippen molar-refractivity contribution in [2.45, 2.75) is 19.3 Å². The molecule has 0 atom stereocenters. The number of halogens is 1. The van der Waals surface area contributed by atoms with Gasteiger partial charge >= 0.3 is 0 Å². The van der Waals surface area contributed by atoms with E-state index in [0.717, 1.165) is 50.6 Å². The summed E-state index contributed by atoms with van der Waals surface area (Å²) in [6, 6.07) is 12.3. The fraction of sp³-hybridized carbons (Fsp3) is 0.440. The van der Waals surface area contributed by atoms with Gasteiger partial charge in [0.15, 0.2) is 11.5 Å². The predicted octanol–water partition coefficient (Wildman–Crippen LogP) is 4.44. The molecule has 1 N–H and O–H groups in total. The van der Waals surface area contributed by atoms with Crippen LogP contribution in [0.2, 0.25) is 0 Å². The van der Waals surface area contributed by atoms with Crippen molar-refractivity contribution in [2.75, 3.05) is 46.9 Å². The Morgan fingerprint density at radius 2 is 1.90 bits per heavy atom. The molecule has 0 radical (unpaired) electrons. The highest BCUT2D eigenvalue weighted by Crippen LogP contribution is 2.26. The van der Waals surface area contributed by atoms with Crippen LogP contribution in [0.5, 0.6) is 11.5 Å². The van der Waals surface area contributed by atoms with Crippen molar-refractivity contribution >= 4 is 6.08 Å². The Balaban J connectivity index is 1.35. The molecule has 0 spiro atoms. The second kappa shape index (κ2) is 11.1. The number of phenols is 1. The first-order valence-corrected chi connectivity index (χ1v) is 10.7. The molecule has 30 heavy (non-hydrogen) atoms. The largest absolute Gasteiger partial charge is 0.504 e. The SMILES string of the molecule is COc1cc(/C=C/CN(C)CC2CCN(CCc3ccc(F)cc3)CC2)ccc1O. The fourth-order valence-corrected chi connectivity index (χ4v) is 4.01. The zero-order chi connectivity index (χ0) is 21.3. The summed E-state index contributed by atoms with van der Waals surface area (Å²) in [4.78, 5) is 4.89. The van der Waals surface area contributed by atoms with Crippen LogP contribution in [0.4, 0.5) is 4.39 Å². The van der Waals surface area contributed by atoms with E-state index in [1.807, 2.05) is 24.3 Å². The number of rotatable bonds is 9. The van der Waals surface area contributed by atoms with Gasteiger partial charge in [-0.05, 0) is 80.7 Å². The lowest BCUT2D eigenvalue weighted by atomic mass is 9.96. The standard InChI is InChI=1S/C25H33FN2O2/c1-27(14-3-4-21-7-10-24(29)25(18-21)30-2)19-22-12-16-28(17-13-22)15-11-20-5-8-23(26)9-6-20/h3-10,18,22,29H,11-17,19H2,1-2H3/b4-3+. The number of ether oxygens (including phenoxy) is 1. The van der Waals surface area contributed by atoms with Crippen molar-refractivity contribution in [1.82, 2.24) is 9.80 Å². The highest BCUT2D eigenvalue weighted by atomic mass is 19.1. The molecule has 1 saturated heterocycles. The van der Waals surface area contributed by atoms with Crippen molar-refractivity contribution in [3.8, 4) is 11.5 Å². The van der Waals surface area contributed by atoms with E-state index in [2.05, 4.69) is 29.0 Å². The molecule has 0 amide bonds. The average molecular weight is 413 g/mol. The van der Waals surface area contributed by atoms with E-state index in [9.17, 15) is 9.50 Å². The Morgan fingerprint density at radius 3 is 2.60 bits per heavy atom. The first kappa shape index (κ1) is 22.3. The van der Waals surface area contributed by atoms with Crippen LogP contribution in [-0.2, 0) is 6.42 Å². The van der Waals surface area contributed by atoms with Crippen LogP contribution < -0.4 is 4.74 Å². The molecular weight excluding hydrogens is 379 g/mol. The smallest absolute Gasteiger partial charge is 0.161 e. The molecule has 0 bridgehead atoms. The summed E-state index contributed by atoms with van der Waals surface area (Å²) < 4.78 is 18.2. The summed E-state index contributed by atoms with van der Waals surface area (Å²) in [7, 11) is 3.73. The van der Waals surface area contributed by atoms with Crippen LogP contribution in [0.15, 0.2) is 48.5 Å². The molecule has 2 aromatic carbocycles. The van der Waals surface area contributed by atoms with Gasteiger partial charge in [0.25, 0.3) is 0 Å². The van der Waals surface area contributed by atoms with Crippen LogP contribution in [0.3, 0.4) is 0 Å². The summed E-state index contributed by atoms with van der Waals surface area (Å²) in [6.45, 7) is 5.34. The number of phenolic OH excluding ortho intramolecular Hbond substituents is 1. The molecule has 3 rings (SSSR count). The van der Waals surface area contributed by atoms with Gasteiger partial charge in [-0.1, -0.05) is 30.4 Å². The molecule has 0 unspecified atom stereocenters. The van der Waals surface area contributed by atoms with Crippen molar-refractivity contribution in [2.24, 2.45) is 5.92 Å². The molecule has 1 heterocycles. The number of piperidine rings is 1. The maximum atomic E-state index is 13.0. The van der Waals surface area contributed by atoms with Gasteiger partial charge in [0.1, 0.15) is 5.82 Å². The normalized spacial score (nSPS) is 15.9. The number of methoxy groups -OCH3 is 1. The van der Waals surface area contributed by atoms with Crippen LogP contribution in [0, 0.1) is 11.7 Å². The Hall–Kier alpha value is -2.37. The number of likely N-dealkylation sites (tertiary alicyclic amines) is 1. The van der Waals surface area contributed by atoms with E-state index in [1.165, 1.54) is 18.4 Å². The van der Waals surface area contributed by atoms with Gasteiger partial charge in [-0.15, -0.1) is 0 Å². The van der Waals surface area contributed by atoms with Gasteiger partial charge < -0.3 is 19.6 Å². The minimum atomic E-state index is -0.165. The third-order valence-electron chi connectivity index (χ3n) is 5.84. The molecule has 2 aromatic rings. The summed E-state index contributed by atoms with van der Waals surface area (Å²) >= 11 is 0. The van der Waals surface area contributed by atoms with Gasteiger partial charge in [-0.25, -0.2) is 4.39 Å². The van der Waals surface area contributed by atoms with E-state index in [-0.39, 0.29) is 11.6 Å². The van der Waals surface area contributed by atoms with E-state index in [4.69, 9.17) is 4.74 Å². The highest BCUT2D eigenvalue weighted by Gasteiger charge is 2.19. The van der Waals surface area contributed by atoms with Gasteiger partial charge in [0, 0.05) is 19.6 Å². The summed E-state index contributed by atoms with van der Waals surface area (Å²) in [5, 5.41) is 9.68. The lowest BCUT2D eigenvalue weighted by molar-refractivity contribution is 0.160. The number of hydrogen-bond donors (Lipinski definition) is 1. The molecule has 1 aliphatic heterocycles. The molecule has 162 valence electrons. The number of aromatic hydroxyl groups is 1. The van der Waals surface area contributed by atoms with E-state index in [1.54, 1.807) is 25.3 Å². The lowest BCUT2D eigenvalue weighted by Crippen LogP contribution is -2.38. The fourth-order valence-electron chi connectivity index (χ4n) is 4.01. The Kier molecular flexibility index (Phi) is 8.29. The molecule has 0 saturated carbocycles. The minimum Gasteiger partial charge on any atom is -0.504 e. The molecular formula is C25H33FN2O2. The number of likely N-dealkylation sites (N-methyl/N-ethyl adjacent to an activating group) is 1. The van der Waals surface area contributed by atoms with Gasteiger partial charge in [-0.2, -0.15) is 0 Å². The average Bonchev–Trinajstić information content (AvgIpc) is 2.75. The van der Waals surface area contributed by atoms with Crippen molar-refractivity contribution in [3.63, 3.8) is 0 Å². The van der Waals surface area contributed by atoms with Gasteiger partial charge in [-0.3, -0.25) is 0 Å². The lowest BCUT2D eigenvalue weighted by Gasteiger charge is -2.33. The first-order chi connectivity index (χ1) is 14.5. The first-order valence-electron chi connectivity index (χ1n) is 10.7. The number of hydrogen-bond acceptors (Lipinski definition) is 4. The summed E-state index contributed by atoms with van der Waals surface area (Å²) in [5.74, 6) is 1.23. The predicted molar refractivity (Wildman–Crippen MR) is 120 cm³/mol.